The lowest BCUT2D eigenvalue weighted by Gasteiger charge is -2.29. The summed E-state index contributed by atoms with van der Waals surface area (Å²) in [5, 5.41) is 5.22. The van der Waals surface area contributed by atoms with Gasteiger partial charge in [-0.15, -0.1) is 0 Å². The summed E-state index contributed by atoms with van der Waals surface area (Å²) < 4.78 is 24.3. The highest BCUT2D eigenvalue weighted by Gasteiger charge is 2.29. The van der Waals surface area contributed by atoms with Gasteiger partial charge in [0.2, 0.25) is 12.0 Å². The molecule has 0 amide bonds. The van der Waals surface area contributed by atoms with Crippen LogP contribution in [0.3, 0.4) is 0 Å². The second-order valence-corrected chi connectivity index (χ2v) is 13.7. The topological polar surface area (TPSA) is 110 Å². The smallest absolute Gasteiger partial charge is 0.349 e. The van der Waals surface area contributed by atoms with Gasteiger partial charge in [-0.3, -0.25) is 0 Å². The van der Waals surface area contributed by atoms with Crippen LogP contribution in [0.25, 0.3) is 16.9 Å². The first-order valence-corrected chi connectivity index (χ1v) is 14.3. The number of aromatic nitrogens is 5. The Kier molecular flexibility index (Phi) is 8.58. The molecule has 0 spiro atoms. The van der Waals surface area contributed by atoms with Crippen molar-refractivity contribution in [1.82, 2.24) is 24.7 Å². The molecule has 34 heavy (non-hydrogen) atoms. The number of hydrogen-bond donors (Lipinski definition) is 0. The number of rotatable bonds is 11. The second kappa shape index (κ2) is 11.2. The summed E-state index contributed by atoms with van der Waals surface area (Å²) in [7, 11) is -0.503. The van der Waals surface area contributed by atoms with E-state index in [9.17, 15) is 4.79 Å². The average Bonchev–Trinajstić information content (AvgIpc) is 3.25. The van der Waals surface area contributed by atoms with E-state index in [-0.39, 0.29) is 18.6 Å². The maximum Gasteiger partial charge on any atom is 0.349 e. The zero-order valence-corrected chi connectivity index (χ0v) is 21.9. The first kappa shape index (κ1) is 26.0. The quantitative estimate of drug-likeness (QED) is 0.282. The van der Waals surface area contributed by atoms with Gasteiger partial charge in [-0.1, -0.05) is 25.4 Å². The minimum Gasteiger partial charge on any atom is -0.466 e. The lowest BCUT2D eigenvalue weighted by atomic mass is 10.3. The SMILES string of the molecule is COC(=O)C(COC(C)CO[Si](C)(C)C(C)C)Oc1ncnc2c1cnn2-c1ncccc1Cl. The molecule has 184 valence electrons. The van der Waals surface area contributed by atoms with Crippen molar-refractivity contribution < 1.29 is 23.4 Å². The molecule has 0 saturated carbocycles. The van der Waals surface area contributed by atoms with Crippen LogP contribution in [0.4, 0.5) is 0 Å². The number of pyridine rings is 1. The predicted molar refractivity (Wildman–Crippen MR) is 130 cm³/mol. The lowest BCUT2D eigenvalue weighted by molar-refractivity contribution is -0.153. The van der Waals surface area contributed by atoms with Crippen molar-refractivity contribution in [2.24, 2.45) is 0 Å². The van der Waals surface area contributed by atoms with E-state index in [1.807, 2.05) is 6.92 Å². The zero-order valence-electron chi connectivity index (χ0n) is 20.2. The number of carbonyl (C=O) groups is 1. The second-order valence-electron chi connectivity index (χ2n) is 8.62. The monoisotopic (exact) mass is 507 g/mol. The summed E-state index contributed by atoms with van der Waals surface area (Å²) in [4.78, 5) is 25.1. The Hall–Kier alpha value is -2.60. The molecular weight excluding hydrogens is 478 g/mol. The Morgan fingerprint density at radius 1 is 1.18 bits per heavy atom. The Balaban J connectivity index is 1.75. The van der Waals surface area contributed by atoms with Gasteiger partial charge in [0.25, 0.3) is 0 Å². The molecule has 0 saturated heterocycles. The number of hydrogen-bond acceptors (Lipinski definition) is 9. The van der Waals surface area contributed by atoms with Crippen molar-refractivity contribution in [2.45, 2.75) is 51.6 Å². The van der Waals surface area contributed by atoms with Crippen molar-refractivity contribution in [2.75, 3.05) is 20.3 Å². The molecule has 0 aromatic carbocycles. The summed E-state index contributed by atoms with van der Waals surface area (Å²) >= 11 is 6.26. The molecule has 0 N–H and O–H groups in total. The molecule has 3 heterocycles. The summed E-state index contributed by atoms with van der Waals surface area (Å²) in [6.07, 6.45) is 3.17. The highest BCUT2D eigenvalue weighted by atomic mass is 35.5. The van der Waals surface area contributed by atoms with E-state index in [1.54, 1.807) is 18.3 Å². The predicted octanol–water partition coefficient (Wildman–Crippen LogP) is 3.82. The number of carbonyl (C=O) groups excluding carboxylic acids is 1. The van der Waals surface area contributed by atoms with E-state index >= 15 is 0 Å². The van der Waals surface area contributed by atoms with Crippen LogP contribution in [0.15, 0.2) is 30.9 Å². The number of esters is 1. The molecule has 3 aromatic rings. The van der Waals surface area contributed by atoms with Crippen LogP contribution < -0.4 is 4.74 Å². The maximum atomic E-state index is 12.4. The van der Waals surface area contributed by atoms with Crippen LogP contribution in [0.2, 0.25) is 23.7 Å². The van der Waals surface area contributed by atoms with Gasteiger partial charge in [0.05, 0.1) is 37.6 Å². The molecule has 12 heteroatoms. The van der Waals surface area contributed by atoms with Gasteiger partial charge < -0.3 is 18.6 Å². The fraction of sp³-hybridized carbons (Fsp3) is 0.500. The molecule has 0 bridgehead atoms. The number of nitrogens with zero attached hydrogens (tertiary/aromatic N) is 5. The van der Waals surface area contributed by atoms with E-state index < -0.39 is 20.4 Å². The number of halogens is 1. The molecule has 0 aliphatic heterocycles. The Bertz CT molecular complexity index is 1130. The standard InChI is InChI=1S/C22H30ClN5O5Si/c1-14(2)34(5,6)32-11-15(3)31-12-18(22(29)30-4)33-21-16-10-27-28(19(16)25-13-26-21)20-17(23)8-7-9-24-20/h7-10,13-15,18H,11-12H2,1-6H3. The van der Waals surface area contributed by atoms with Crippen molar-refractivity contribution in [1.29, 1.82) is 0 Å². The Morgan fingerprint density at radius 2 is 1.94 bits per heavy atom. The molecule has 0 radical (unpaired) electrons. The van der Waals surface area contributed by atoms with E-state index in [2.05, 4.69) is 47.0 Å². The minimum absolute atomic E-state index is 0.0352. The summed E-state index contributed by atoms with van der Waals surface area (Å²) in [6, 6.07) is 3.43. The van der Waals surface area contributed by atoms with Crippen LogP contribution in [-0.4, -0.2) is 71.6 Å². The molecule has 0 aliphatic rings. The third-order valence-electron chi connectivity index (χ3n) is 5.60. The fourth-order valence-electron chi connectivity index (χ4n) is 2.82. The molecule has 0 fully saturated rings. The lowest BCUT2D eigenvalue weighted by Crippen LogP contribution is -2.39. The summed E-state index contributed by atoms with van der Waals surface area (Å²) in [6.45, 7) is 10.9. The normalized spacial score (nSPS) is 13.8. The van der Waals surface area contributed by atoms with Gasteiger partial charge in [0.1, 0.15) is 11.7 Å². The van der Waals surface area contributed by atoms with Crippen LogP contribution >= 0.6 is 11.6 Å². The third-order valence-corrected chi connectivity index (χ3v) is 9.59. The number of fused-ring (bicyclic) bond motifs is 1. The molecule has 2 unspecified atom stereocenters. The largest absolute Gasteiger partial charge is 0.466 e. The van der Waals surface area contributed by atoms with Crippen molar-refractivity contribution in [3.8, 4) is 11.7 Å². The van der Waals surface area contributed by atoms with E-state index in [0.717, 1.165) is 0 Å². The van der Waals surface area contributed by atoms with Gasteiger partial charge in [-0.2, -0.15) is 9.78 Å². The molecular formula is C22H30ClN5O5Si. The molecule has 2 atom stereocenters. The average molecular weight is 508 g/mol. The molecule has 0 aliphatic carbocycles. The molecule has 3 aromatic heterocycles. The van der Waals surface area contributed by atoms with Gasteiger partial charge in [-0.05, 0) is 37.7 Å². The fourth-order valence-corrected chi connectivity index (χ4v) is 4.02. The highest BCUT2D eigenvalue weighted by Crippen LogP contribution is 2.26. The van der Waals surface area contributed by atoms with E-state index in [4.69, 9.17) is 30.2 Å². The maximum absolute atomic E-state index is 12.4. The first-order valence-electron chi connectivity index (χ1n) is 10.9. The van der Waals surface area contributed by atoms with Crippen LogP contribution in [0.1, 0.15) is 20.8 Å². The highest BCUT2D eigenvalue weighted by molar-refractivity contribution is 6.72. The van der Waals surface area contributed by atoms with Gasteiger partial charge >= 0.3 is 5.97 Å². The molecule has 10 nitrogen and oxygen atoms in total. The van der Waals surface area contributed by atoms with Crippen molar-refractivity contribution >= 4 is 36.9 Å². The van der Waals surface area contributed by atoms with Crippen LogP contribution in [0, 0.1) is 0 Å². The summed E-state index contributed by atoms with van der Waals surface area (Å²) in [5.41, 5.74) is 0.908. The van der Waals surface area contributed by atoms with Crippen LogP contribution in [-0.2, 0) is 18.7 Å². The van der Waals surface area contributed by atoms with Crippen molar-refractivity contribution in [3.63, 3.8) is 0 Å². The minimum atomic E-state index is -1.79. The van der Waals surface area contributed by atoms with Gasteiger partial charge in [0, 0.05) is 6.20 Å². The van der Waals surface area contributed by atoms with Gasteiger partial charge in [0.15, 0.2) is 19.8 Å². The van der Waals surface area contributed by atoms with Crippen LogP contribution in [0.5, 0.6) is 5.88 Å². The van der Waals surface area contributed by atoms with E-state index in [1.165, 1.54) is 24.3 Å². The Labute approximate surface area is 204 Å². The summed E-state index contributed by atoms with van der Waals surface area (Å²) in [5.74, 6) is -0.00477. The van der Waals surface area contributed by atoms with Crippen molar-refractivity contribution in [3.05, 3.63) is 35.9 Å². The zero-order chi connectivity index (χ0) is 24.9. The van der Waals surface area contributed by atoms with Gasteiger partial charge in [-0.25, -0.2) is 19.7 Å². The number of methoxy groups -OCH3 is 1. The third kappa shape index (κ3) is 6.09. The molecule has 3 rings (SSSR count). The first-order chi connectivity index (χ1) is 16.1. The number of ether oxygens (including phenoxy) is 3. The Morgan fingerprint density at radius 3 is 2.62 bits per heavy atom. The van der Waals surface area contributed by atoms with E-state index in [0.29, 0.717) is 34.0 Å².